The summed E-state index contributed by atoms with van der Waals surface area (Å²) in [5.74, 6) is 6.13. The van der Waals surface area contributed by atoms with Crippen LogP contribution in [0.1, 0.15) is 13.3 Å². The van der Waals surface area contributed by atoms with Crippen molar-refractivity contribution in [2.24, 2.45) is 5.84 Å². The molecule has 8 heavy (non-hydrogen) atoms. The lowest BCUT2D eigenvalue weighted by Crippen LogP contribution is -2.18. The Hall–Kier alpha value is -0.150. The topological polar surface area (TPSA) is 38.0 Å². The molecule has 0 atom stereocenters. The summed E-state index contributed by atoms with van der Waals surface area (Å²) >= 11 is 1.65. The fourth-order valence-corrected chi connectivity index (χ4v) is 0.801. The Morgan fingerprint density at radius 1 is 1.88 bits per heavy atom. The lowest BCUT2D eigenvalue weighted by atomic mass is 10.6. The normalized spacial score (nSPS) is 8.75. The lowest BCUT2D eigenvalue weighted by Gasteiger charge is -1.99. The zero-order valence-corrected chi connectivity index (χ0v) is 5.92. The third-order valence-corrected chi connectivity index (χ3v) is 1.72. The molecule has 0 aromatic rings. The molecule has 0 radical (unpaired) electrons. The Morgan fingerprint density at radius 2 is 2.50 bits per heavy atom. The third-order valence-electron chi connectivity index (χ3n) is 0.641. The maximum absolute atomic E-state index is 5.04. The second kappa shape index (κ2) is 5.00. The first kappa shape index (κ1) is 7.85. The van der Waals surface area contributed by atoms with Gasteiger partial charge in [0, 0.05) is 0 Å². The van der Waals surface area contributed by atoms with E-state index >= 15 is 0 Å². The molecule has 0 spiro atoms. The van der Waals surface area contributed by atoms with Crippen LogP contribution in [0.25, 0.3) is 0 Å². The number of thioether (sulfide) groups is 1. The zero-order chi connectivity index (χ0) is 6.41. The molecule has 0 fully saturated rings. The molecule has 3 N–H and O–H groups in total. The van der Waals surface area contributed by atoms with Crippen LogP contribution in [-0.2, 0) is 0 Å². The molecule has 0 saturated heterocycles. The Kier molecular flexibility index (Phi) is 4.90. The SMILES string of the molecule is C=C(NN)SCCC. The van der Waals surface area contributed by atoms with Gasteiger partial charge < -0.3 is 5.43 Å². The minimum absolute atomic E-state index is 0.840. The molecule has 0 rings (SSSR count). The molecule has 0 aromatic carbocycles. The third kappa shape index (κ3) is 4.02. The highest BCUT2D eigenvalue weighted by Crippen LogP contribution is 2.08. The number of nitrogens with two attached hydrogens (primary N) is 1. The minimum atomic E-state index is 0.840. The second-order valence-corrected chi connectivity index (χ2v) is 2.61. The van der Waals surface area contributed by atoms with Crippen molar-refractivity contribution >= 4 is 11.8 Å². The summed E-state index contributed by atoms with van der Waals surface area (Å²) in [7, 11) is 0. The van der Waals surface area contributed by atoms with E-state index in [4.69, 9.17) is 5.84 Å². The highest BCUT2D eigenvalue weighted by Gasteiger charge is 1.86. The number of rotatable bonds is 4. The van der Waals surface area contributed by atoms with E-state index in [0.717, 1.165) is 17.2 Å². The summed E-state index contributed by atoms with van der Waals surface area (Å²) < 4.78 is 0. The van der Waals surface area contributed by atoms with E-state index in [1.807, 2.05) is 0 Å². The standard InChI is InChI=1S/C5H12N2S/c1-3-4-8-5(2)7-6/h7H,2-4,6H2,1H3. The first-order valence-electron chi connectivity index (χ1n) is 2.59. The second-order valence-electron chi connectivity index (χ2n) is 1.42. The molecular weight excluding hydrogens is 120 g/mol. The lowest BCUT2D eigenvalue weighted by molar-refractivity contribution is 0.951. The molecule has 0 heterocycles. The van der Waals surface area contributed by atoms with Gasteiger partial charge in [0.25, 0.3) is 0 Å². The molecule has 0 aliphatic heterocycles. The Bertz CT molecular complexity index is 72.8. The van der Waals surface area contributed by atoms with Crippen molar-refractivity contribution < 1.29 is 0 Å². The van der Waals surface area contributed by atoms with Gasteiger partial charge in [0.05, 0.1) is 5.03 Å². The van der Waals surface area contributed by atoms with Crippen LogP contribution in [0.4, 0.5) is 0 Å². The molecule has 0 saturated carbocycles. The summed E-state index contributed by atoms with van der Waals surface area (Å²) in [6.45, 7) is 5.76. The minimum Gasteiger partial charge on any atom is -0.319 e. The van der Waals surface area contributed by atoms with Crippen LogP contribution >= 0.6 is 11.8 Å². The van der Waals surface area contributed by atoms with E-state index in [9.17, 15) is 0 Å². The molecule has 0 bridgehead atoms. The van der Waals surface area contributed by atoms with Crippen LogP contribution < -0.4 is 11.3 Å². The maximum Gasteiger partial charge on any atom is 0.0749 e. The number of hydrogen-bond acceptors (Lipinski definition) is 3. The zero-order valence-electron chi connectivity index (χ0n) is 5.11. The first-order chi connectivity index (χ1) is 3.81. The van der Waals surface area contributed by atoms with Gasteiger partial charge in [-0.2, -0.15) is 0 Å². The average Bonchev–Trinajstić information content (AvgIpc) is 1.83. The smallest absolute Gasteiger partial charge is 0.0749 e. The van der Waals surface area contributed by atoms with E-state index < -0.39 is 0 Å². The summed E-state index contributed by atoms with van der Waals surface area (Å²) in [4.78, 5) is 0. The van der Waals surface area contributed by atoms with Crippen LogP contribution in [0.15, 0.2) is 11.6 Å². The van der Waals surface area contributed by atoms with Gasteiger partial charge in [-0.15, -0.1) is 11.8 Å². The van der Waals surface area contributed by atoms with E-state index in [2.05, 4.69) is 18.9 Å². The predicted molar refractivity (Wildman–Crippen MR) is 39.2 cm³/mol. The number of nitrogens with one attached hydrogen (secondary N) is 1. The largest absolute Gasteiger partial charge is 0.319 e. The Balaban J connectivity index is 2.99. The molecule has 0 unspecified atom stereocenters. The van der Waals surface area contributed by atoms with Crippen LogP contribution in [0.3, 0.4) is 0 Å². The van der Waals surface area contributed by atoms with Crippen LogP contribution in [-0.4, -0.2) is 5.75 Å². The van der Waals surface area contributed by atoms with Crippen molar-refractivity contribution in [2.75, 3.05) is 5.75 Å². The molecule has 0 aliphatic rings. The van der Waals surface area contributed by atoms with E-state index in [1.54, 1.807) is 11.8 Å². The van der Waals surface area contributed by atoms with Gasteiger partial charge >= 0.3 is 0 Å². The summed E-state index contributed by atoms with van der Waals surface area (Å²) in [6.07, 6.45) is 1.16. The van der Waals surface area contributed by atoms with Gasteiger partial charge in [0.15, 0.2) is 0 Å². The molecule has 48 valence electrons. The average molecular weight is 132 g/mol. The molecule has 0 aromatic heterocycles. The summed E-state index contributed by atoms with van der Waals surface area (Å²) in [5.41, 5.74) is 2.47. The monoisotopic (exact) mass is 132 g/mol. The van der Waals surface area contributed by atoms with Crippen molar-refractivity contribution in [3.63, 3.8) is 0 Å². The van der Waals surface area contributed by atoms with E-state index in [1.165, 1.54) is 0 Å². The molecular formula is C5H12N2S. The van der Waals surface area contributed by atoms with Gasteiger partial charge in [-0.25, -0.2) is 0 Å². The van der Waals surface area contributed by atoms with Crippen molar-refractivity contribution in [1.82, 2.24) is 5.43 Å². The van der Waals surface area contributed by atoms with E-state index in [0.29, 0.717) is 0 Å². The summed E-state index contributed by atoms with van der Waals surface area (Å²) in [6, 6.07) is 0. The Morgan fingerprint density at radius 3 is 2.88 bits per heavy atom. The van der Waals surface area contributed by atoms with Gasteiger partial charge in [-0.3, -0.25) is 5.84 Å². The van der Waals surface area contributed by atoms with Gasteiger partial charge in [0.2, 0.25) is 0 Å². The van der Waals surface area contributed by atoms with Crippen molar-refractivity contribution in [3.8, 4) is 0 Å². The number of hydrazine groups is 1. The Labute approximate surface area is 54.5 Å². The van der Waals surface area contributed by atoms with Crippen LogP contribution in [0, 0.1) is 0 Å². The van der Waals surface area contributed by atoms with Crippen molar-refractivity contribution in [1.29, 1.82) is 0 Å². The van der Waals surface area contributed by atoms with Gasteiger partial charge in [0.1, 0.15) is 0 Å². The fourth-order valence-electron chi connectivity index (χ4n) is 0.267. The predicted octanol–water partition coefficient (Wildman–Crippen LogP) is 1.06. The fraction of sp³-hybridized carbons (Fsp3) is 0.600. The molecule has 0 amide bonds. The van der Waals surface area contributed by atoms with Crippen LogP contribution in [0.5, 0.6) is 0 Å². The van der Waals surface area contributed by atoms with E-state index in [-0.39, 0.29) is 0 Å². The number of hydrogen-bond donors (Lipinski definition) is 2. The highest BCUT2D eigenvalue weighted by molar-refractivity contribution is 8.02. The van der Waals surface area contributed by atoms with Crippen molar-refractivity contribution in [2.45, 2.75) is 13.3 Å². The van der Waals surface area contributed by atoms with Gasteiger partial charge in [-0.05, 0) is 12.2 Å². The first-order valence-corrected chi connectivity index (χ1v) is 3.58. The van der Waals surface area contributed by atoms with Crippen LogP contribution in [0.2, 0.25) is 0 Å². The van der Waals surface area contributed by atoms with Gasteiger partial charge in [-0.1, -0.05) is 13.5 Å². The maximum atomic E-state index is 5.04. The molecule has 2 nitrogen and oxygen atoms in total. The molecule has 0 aliphatic carbocycles. The summed E-state index contributed by atoms with van der Waals surface area (Å²) in [5, 5.41) is 0.840. The quantitative estimate of drug-likeness (QED) is 0.444. The highest BCUT2D eigenvalue weighted by atomic mass is 32.2. The van der Waals surface area contributed by atoms with Crippen molar-refractivity contribution in [3.05, 3.63) is 11.6 Å². The molecule has 3 heteroatoms.